The summed E-state index contributed by atoms with van der Waals surface area (Å²) < 4.78 is 209. The molecule has 0 saturated carbocycles. The Balaban J connectivity index is 0.000000136. The van der Waals surface area contributed by atoms with Gasteiger partial charge in [0.15, 0.2) is 46.0 Å². The lowest BCUT2D eigenvalue weighted by Gasteiger charge is -2.32. The van der Waals surface area contributed by atoms with Crippen LogP contribution in [-0.4, -0.2) is 49.4 Å². The number of nitrogen functional groups attached to an aromatic ring is 2. The average Bonchev–Trinajstić information content (AvgIpc) is 1.62. The third-order valence-electron chi connectivity index (χ3n) is 17.0. The molecule has 29 heteroatoms. The minimum absolute atomic E-state index is 0.00329. The number of anilines is 4. The summed E-state index contributed by atoms with van der Waals surface area (Å²) in [5.41, 5.74) is 19.9. The van der Waals surface area contributed by atoms with Gasteiger partial charge in [0.05, 0.1) is 11.2 Å². The van der Waals surface area contributed by atoms with E-state index in [4.69, 9.17) is 20.8 Å². The van der Waals surface area contributed by atoms with Gasteiger partial charge in [0.25, 0.3) is 5.91 Å². The number of fused-ring (bicyclic) bond motifs is 4. The predicted octanol–water partition coefficient (Wildman–Crippen LogP) is 19.6. The van der Waals surface area contributed by atoms with Gasteiger partial charge in [0.1, 0.15) is 28.8 Å². The maximum atomic E-state index is 13.7. The van der Waals surface area contributed by atoms with Gasteiger partial charge in [-0.15, -0.1) is 35.1 Å². The summed E-state index contributed by atoms with van der Waals surface area (Å²) in [5.74, 6) is -4.12. The minimum atomic E-state index is -3.70. The number of hydrogen-bond donors (Lipinski definition) is 4. The van der Waals surface area contributed by atoms with Crippen LogP contribution in [0.25, 0.3) is 33.4 Å². The Morgan fingerprint density at radius 1 is 0.410 bits per heavy atom. The van der Waals surface area contributed by atoms with Crippen LogP contribution in [0.5, 0.6) is 46.0 Å². The molecule has 0 aliphatic carbocycles. The zero-order chi connectivity index (χ0) is 75.9. The molecule has 6 N–H and O–H groups in total. The monoisotopic (exact) mass is 1520 g/mol. The molecular formula is C76H62BBrF12N4O11. The maximum Gasteiger partial charge on any atom is 0.586 e. The highest BCUT2D eigenvalue weighted by Crippen LogP contribution is 2.49. The number of nitrogens with two attached hydrogens (primary N) is 2. The van der Waals surface area contributed by atoms with Gasteiger partial charge >= 0.3 is 32.3 Å². The number of amides is 1. The molecule has 15 nitrogen and oxygen atoms in total. The van der Waals surface area contributed by atoms with Crippen molar-refractivity contribution in [2.24, 2.45) is 0 Å². The van der Waals surface area contributed by atoms with E-state index in [1.54, 1.807) is 81.4 Å². The second-order valence-electron chi connectivity index (χ2n) is 25.2. The van der Waals surface area contributed by atoms with Crippen molar-refractivity contribution in [1.29, 1.82) is 0 Å². The Morgan fingerprint density at radius 2 is 0.714 bits per heavy atom. The van der Waals surface area contributed by atoms with Crippen LogP contribution in [0.3, 0.4) is 0 Å². The molecule has 105 heavy (non-hydrogen) atoms. The zero-order valence-electron chi connectivity index (χ0n) is 56.7. The van der Waals surface area contributed by atoms with Gasteiger partial charge in [-0.3, -0.25) is 4.79 Å². The van der Waals surface area contributed by atoms with Gasteiger partial charge < -0.3 is 69.3 Å². The molecule has 0 atom stereocenters. The van der Waals surface area contributed by atoms with Crippen LogP contribution in [0.15, 0.2) is 186 Å². The van der Waals surface area contributed by atoms with Gasteiger partial charge in [-0.2, -0.15) is 0 Å². The lowest BCUT2D eigenvalue weighted by Crippen LogP contribution is -2.41. The van der Waals surface area contributed by atoms with Crippen LogP contribution in [-0.2, 0) is 15.9 Å². The first-order valence-corrected chi connectivity index (χ1v) is 32.6. The smallest absolute Gasteiger partial charge is 0.399 e. The number of alkyl halides is 8. The van der Waals surface area contributed by atoms with Gasteiger partial charge in [-0.1, -0.05) is 64.5 Å². The molecule has 546 valence electrons. The quantitative estimate of drug-likeness (QED) is 0.0608. The van der Waals surface area contributed by atoms with E-state index in [1.165, 1.54) is 72.8 Å². The topological polar surface area (TPSA) is 185 Å². The molecule has 1 fully saturated rings. The van der Waals surface area contributed by atoms with E-state index in [0.29, 0.717) is 44.8 Å². The molecule has 1 amide bonds. The fourth-order valence-corrected chi connectivity index (χ4v) is 11.3. The number of carbonyl (C=O) groups is 1. The molecule has 5 heterocycles. The summed E-state index contributed by atoms with van der Waals surface area (Å²) >= 11 is 3.29. The molecule has 10 aromatic rings. The van der Waals surface area contributed by atoms with Crippen molar-refractivity contribution in [3.8, 4) is 79.4 Å². The van der Waals surface area contributed by atoms with Crippen molar-refractivity contribution in [3.63, 3.8) is 0 Å². The zero-order valence-corrected chi connectivity index (χ0v) is 58.2. The minimum Gasteiger partial charge on any atom is -0.399 e. The summed E-state index contributed by atoms with van der Waals surface area (Å²) in [5, 5.41) is 5.39. The number of nitrogens with one attached hydrogen (secondary N) is 2. The molecule has 5 aliphatic rings. The van der Waals surface area contributed by atoms with Crippen LogP contribution in [0, 0.1) is 51.0 Å². The Bertz CT molecular complexity index is 4830. The predicted molar refractivity (Wildman–Crippen MR) is 373 cm³/mol. The van der Waals surface area contributed by atoms with Crippen LogP contribution in [0.1, 0.15) is 65.9 Å². The molecule has 0 radical (unpaired) electrons. The molecule has 0 bridgehead atoms. The first-order valence-electron chi connectivity index (χ1n) is 31.8. The first-order chi connectivity index (χ1) is 49.3. The Morgan fingerprint density at radius 3 is 1.08 bits per heavy atom. The number of rotatable bonds is 9. The van der Waals surface area contributed by atoms with Crippen LogP contribution >= 0.6 is 15.9 Å². The third-order valence-corrected chi connectivity index (χ3v) is 17.5. The summed E-state index contributed by atoms with van der Waals surface area (Å²) in [7, 11) is -0.627. The Hall–Kier alpha value is -10.9. The second kappa shape index (κ2) is 29.3. The lowest BCUT2D eigenvalue weighted by atomic mass is 9.76. The Labute approximate surface area is 602 Å². The standard InChI is InChI=1S/C21H13F4NO3.C21H15F4NO2.C14H17BF2O4.C14H11F2NO2.C6H6BrN/c1-11-9-17-18(29-21(24,25)28-17)10-14(11)12-5-7-13(8-6-12)26-20(27)19-15(22)3-2-4-16(19)23;1-12-9-19-20(28-21(24,25)27-19)10-15(12)13-5-7-14(8-6-13)26-11-16-17(22)3-2-4-18(16)23;1-8-6-10-11(19-14(16,17)18-10)7-9(8)15-20-12(2,3)13(4,5)21-15;1-8-6-12-13(19-14(15,16)18-12)7-11(8)9-2-4-10(17)5-3-9;7-5-1-3-6(8)4-2-5/h2-10H,1H3,(H,26,27);2-10,26H,11H2,1H3;6-7H,1-5H3;2-7H,17H2,1H3;1-4H,8H2. The van der Waals surface area contributed by atoms with E-state index in [2.05, 4.69) is 64.5 Å². The van der Waals surface area contributed by atoms with E-state index in [-0.39, 0.29) is 58.1 Å². The van der Waals surface area contributed by atoms with Crippen molar-refractivity contribution in [3.05, 3.63) is 243 Å². The van der Waals surface area contributed by atoms with E-state index in [0.717, 1.165) is 55.7 Å². The number of ether oxygens (including phenoxy) is 8. The van der Waals surface area contributed by atoms with Crippen molar-refractivity contribution >= 4 is 57.2 Å². The first kappa shape index (κ1) is 75.3. The molecule has 5 aliphatic heterocycles. The molecule has 1 saturated heterocycles. The van der Waals surface area contributed by atoms with E-state index in [1.807, 2.05) is 71.0 Å². The molecule has 10 aromatic carbocycles. The van der Waals surface area contributed by atoms with Crippen molar-refractivity contribution in [2.45, 2.75) is 98.3 Å². The van der Waals surface area contributed by atoms with Gasteiger partial charge in [0.2, 0.25) is 0 Å². The van der Waals surface area contributed by atoms with Crippen LogP contribution < -0.4 is 65.5 Å². The third kappa shape index (κ3) is 17.7. The number of halogens is 13. The maximum absolute atomic E-state index is 13.7. The van der Waals surface area contributed by atoms with Crippen molar-refractivity contribution in [1.82, 2.24) is 0 Å². The Kier molecular flexibility index (Phi) is 21.0. The summed E-state index contributed by atoms with van der Waals surface area (Å²) in [6.45, 7) is 14.9. The van der Waals surface area contributed by atoms with Crippen LogP contribution in [0.2, 0.25) is 0 Å². The number of hydrogen-bond acceptors (Lipinski definition) is 14. The molecular weight excluding hydrogens is 1460 g/mol. The molecule has 0 spiro atoms. The van der Waals surface area contributed by atoms with Crippen LogP contribution in [0.4, 0.5) is 75.4 Å². The fourth-order valence-electron chi connectivity index (χ4n) is 11.0. The van der Waals surface area contributed by atoms with Gasteiger partial charge in [0, 0.05) is 39.3 Å². The lowest BCUT2D eigenvalue weighted by molar-refractivity contribution is -0.287. The summed E-state index contributed by atoms with van der Waals surface area (Å²) in [6, 6.07) is 46.9. The van der Waals surface area contributed by atoms with Crippen molar-refractivity contribution in [2.75, 3.05) is 22.1 Å². The summed E-state index contributed by atoms with van der Waals surface area (Å²) in [4.78, 5) is 12.2. The largest absolute Gasteiger partial charge is 0.586 e. The second-order valence-corrected chi connectivity index (χ2v) is 26.1. The van der Waals surface area contributed by atoms with E-state index >= 15 is 0 Å². The SMILES string of the molecule is Cc1cc2c(cc1-c1ccc(N)cc1)OC(F)(F)O2.Cc1cc2c(cc1-c1ccc(NC(=O)c3c(F)cccc3F)cc1)OC(F)(F)O2.Cc1cc2c(cc1-c1ccc(NCc3c(F)cccc3F)cc1)OC(F)(F)O2.Cc1cc2c(cc1B1OC(C)(C)C(C)(C)O1)OC(F)(F)O2.Nc1ccc(Br)cc1. The molecule has 0 aromatic heterocycles. The number of benzene rings is 10. The van der Waals surface area contributed by atoms with Crippen molar-refractivity contribution < 1.29 is 105 Å². The number of aryl methyl sites for hydroxylation is 4. The van der Waals surface area contributed by atoms with E-state index in [9.17, 15) is 57.5 Å². The highest BCUT2D eigenvalue weighted by atomic mass is 79.9. The normalized spacial score (nSPS) is 16.0. The fraction of sp³-hybridized carbons (Fsp3) is 0.197. The number of carbonyl (C=O) groups excluding carboxylic acids is 1. The average molecular weight is 1530 g/mol. The highest BCUT2D eigenvalue weighted by molar-refractivity contribution is 9.10. The van der Waals surface area contributed by atoms with Gasteiger partial charge in [-0.25, -0.2) is 17.6 Å². The molecule has 0 unspecified atom stereocenters. The molecule has 15 rings (SSSR count). The van der Waals surface area contributed by atoms with Gasteiger partial charge in [-0.05, 0) is 250 Å². The van der Waals surface area contributed by atoms with E-state index < -0.39 is 78.2 Å². The summed E-state index contributed by atoms with van der Waals surface area (Å²) in [6.07, 6.45) is -14.6. The highest BCUT2D eigenvalue weighted by Gasteiger charge is 2.53.